The van der Waals surface area contributed by atoms with Crippen molar-refractivity contribution < 1.29 is 9.47 Å². The quantitative estimate of drug-likeness (QED) is 0.707. The van der Waals surface area contributed by atoms with Crippen LogP contribution in [-0.4, -0.2) is 13.2 Å². The van der Waals surface area contributed by atoms with Crippen LogP contribution in [0.1, 0.15) is 31.4 Å². The summed E-state index contributed by atoms with van der Waals surface area (Å²) in [5.74, 6) is 0.881. The van der Waals surface area contributed by atoms with Crippen LogP contribution in [0, 0.1) is 0 Å². The zero-order chi connectivity index (χ0) is 11.5. The van der Waals surface area contributed by atoms with Gasteiger partial charge in [0.2, 0.25) is 0 Å². The summed E-state index contributed by atoms with van der Waals surface area (Å²) < 4.78 is 11.1. The second-order valence-corrected chi connectivity index (χ2v) is 4.37. The molecule has 1 aliphatic rings. The lowest BCUT2D eigenvalue weighted by molar-refractivity contribution is -0.0224. The van der Waals surface area contributed by atoms with Crippen molar-refractivity contribution in [3.63, 3.8) is 0 Å². The highest BCUT2D eigenvalue weighted by Crippen LogP contribution is 2.34. The minimum Gasteiger partial charge on any atom is -0.497 e. The molecule has 0 saturated carbocycles. The fourth-order valence-electron chi connectivity index (χ4n) is 2.14. The van der Waals surface area contributed by atoms with E-state index in [1.54, 1.807) is 7.11 Å². The van der Waals surface area contributed by atoms with Crippen molar-refractivity contribution in [3.8, 4) is 5.75 Å². The molecule has 2 nitrogen and oxygen atoms in total. The Hall–Kier alpha value is -1.28. The second kappa shape index (κ2) is 4.71. The van der Waals surface area contributed by atoms with Gasteiger partial charge < -0.3 is 9.47 Å². The lowest BCUT2D eigenvalue weighted by Crippen LogP contribution is -2.20. The number of rotatable bonds is 2. The lowest BCUT2D eigenvalue weighted by Gasteiger charge is -2.29. The first-order valence-electron chi connectivity index (χ1n) is 5.65. The monoisotopic (exact) mass is 218 g/mol. The van der Waals surface area contributed by atoms with Crippen molar-refractivity contribution in [2.75, 3.05) is 7.11 Å². The summed E-state index contributed by atoms with van der Waals surface area (Å²) in [6.07, 6.45) is 2.33. The number of hydrogen-bond acceptors (Lipinski definition) is 2. The van der Waals surface area contributed by atoms with Gasteiger partial charge in [0.25, 0.3) is 0 Å². The maximum Gasteiger partial charge on any atom is 0.118 e. The van der Waals surface area contributed by atoms with E-state index in [-0.39, 0.29) is 12.2 Å². The van der Waals surface area contributed by atoms with Gasteiger partial charge in [0.15, 0.2) is 0 Å². The zero-order valence-electron chi connectivity index (χ0n) is 9.90. The minimum absolute atomic E-state index is 0.155. The summed E-state index contributed by atoms with van der Waals surface area (Å²) in [5, 5.41) is 0. The first-order chi connectivity index (χ1) is 7.69. The third kappa shape index (κ3) is 2.45. The molecule has 1 aliphatic heterocycles. The van der Waals surface area contributed by atoms with Crippen LogP contribution >= 0.6 is 0 Å². The van der Waals surface area contributed by atoms with Gasteiger partial charge in [-0.3, -0.25) is 0 Å². The largest absolute Gasteiger partial charge is 0.497 e. The summed E-state index contributed by atoms with van der Waals surface area (Å²) >= 11 is 0. The maximum atomic E-state index is 5.91. The van der Waals surface area contributed by atoms with Gasteiger partial charge in [0, 0.05) is 0 Å². The summed E-state index contributed by atoms with van der Waals surface area (Å²) in [6, 6.07) is 8.07. The van der Waals surface area contributed by atoms with Gasteiger partial charge in [-0.05, 0) is 37.5 Å². The van der Waals surface area contributed by atoms with E-state index in [1.807, 2.05) is 12.1 Å². The minimum atomic E-state index is 0.155. The molecule has 16 heavy (non-hydrogen) atoms. The molecule has 1 aromatic carbocycles. The summed E-state index contributed by atoms with van der Waals surface area (Å²) in [6.45, 7) is 6.17. The van der Waals surface area contributed by atoms with Crippen molar-refractivity contribution >= 4 is 0 Å². The SMILES string of the molecule is C=C1CC(C)OC(c2ccc(OC)cc2)C1. The van der Waals surface area contributed by atoms with E-state index >= 15 is 0 Å². The third-order valence-corrected chi connectivity index (χ3v) is 2.93. The molecule has 0 N–H and O–H groups in total. The van der Waals surface area contributed by atoms with Crippen molar-refractivity contribution in [3.05, 3.63) is 42.0 Å². The zero-order valence-corrected chi connectivity index (χ0v) is 9.90. The Kier molecular flexibility index (Phi) is 3.30. The van der Waals surface area contributed by atoms with Gasteiger partial charge >= 0.3 is 0 Å². The molecule has 1 saturated heterocycles. The fourth-order valence-corrected chi connectivity index (χ4v) is 2.14. The van der Waals surface area contributed by atoms with Crippen LogP contribution in [0.3, 0.4) is 0 Å². The first-order valence-corrected chi connectivity index (χ1v) is 5.65. The molecule has 2 rings (SSSR count). The molecule has 2 atom stereocenters. The van der Waals surface area contributed by atoms with Crippen molar-refractivity contribution in [1.82, 2.24) is 0 Å². The number of hydrogen-bond donors (Lipinski definition) is 0. The molecule has 0 bridgehead atoms. The van der Waals surface area contributed by atoms with Crippen LogP contribution in [0.4, 0.5) is 0 Å². The molecule has 86 valence electrons. The molecule has 0 aliphatic carbocycles. The Morgan fingerprint density at radius 3 is 2.50 bits per heavy atom. The molecule has 1 aromatic rings. The van der Waals surface area contributed by atoms with E-state index in [0.29, 0.717) is 0 Å². The van der Waals surface area contributed by atoms with Gasteiger partial charge in [0.05, 0.1) is 19.3 Å². The van der Waals surface area contributed by atoms with E-state index in [4.69, 9.17) is 9.47 Å². The number of methoxy groups -OCH3 is 1. The van der Waals surface area contributed by atoms with Gasteiger partial charge in [0.1, 0.15) is 5.75 Å². The van der Waals surface area contributed by atoms with Crippen molar-refractivity contribution in [2.45, 2.75) is 32.0 Å². The predicted molar refractivity (Wildman–Crippen MR) is 64.7 cm³/mol. The van der Waals surface area contributed by atoms with Crippen molar-refractivity contribution in [2.24, 2.45) is 0 Å². The molecule has 1 fully saturated rings. The summed E-state index contributed by atoms with van der Waals surface area (Å²) in [4.78, 5) is 0. The average Bonchev–Trinajstić information content (AvgIpc) is 2.28. The molecule has 0 aromatic heterocycles. The molecule has 1 heterocycles. The smallest absolute Gasteiger partial charge is 0.118 e. The van der Waals surface area contributed by atoms with Gasteiger partial charge in [-0.25, -0.2) is 0 Å². The van der Waals surface area contributed by atoms with E-state index in [2.05, 4.69) is 25.6 Å². The maximum absolute atomic E-state index is 5.91. The molecular weight excluding hydrogens is 200 g/mol. The van der Waals surface area contributed by atoms with Crippen LogP contribution in [0.5, 0.6) is 5.75 Å². The van der Waals surface area contributed by atoms with E-state index in [1.165, 1.54) is 11.1 Å². The standard InChI is InChI=1S/C14H18O2/c1-10-8-11(2)16-14(9-10)12-4-6-13(15-3)7-5-12/h4-7,11,14H,1,8-9H2,2-3H3. The first kappa shape index (κ1) is 11.2. The average molecular weight is 218 g/mol. The highest BCUT2D eigenvalue weighted by molar-refractivity contribution is 5.29. The van der Waals surface area contributed by atoms with E-state index < -0.39 is 0 Å². The molecule has 2 heteroatoms. The third-order valence-electron chi connectivity index (χ3n) is 2.93. The Labute approximate surface area is 96.9 Å². The predicted octanol–water partition coefficient (Wildman–Crippen LogP) is 3.49. The summed E-state index contributed by atoms with van der Waals surface area (Å²) in [5.41, 5.74) is 2.48. The topological polar surface area (TPSA) is 18.5 Å². The summed E-state index contributed by atoms with van der Waals surface area (Å²) in [7, 11) is 1.68. The van der Waals surface area contributed by atoms with Crippen LogP contribution in [0.25, 0.3) is 0 Å². The molecular formula is C14H18O2. The van der Waals surface area contributed by atoms with E-state index in [0.717, 1.165) is 18.6 Å². The molecule has 2 unspecified atom stereocenters. The van der Waals surface area contributed by atoms with Crippen molar-refractivity contribution in [1.29, 1.82) is 0 Å². The Balaban J connectivity index is 2.13. The van der Waals surface area contributed by atoms with E-state index in [9.17, 15) is 0 Å². The molecule has 0 amide bonds. The highest BCUT2D eigenvalue weighted by Gasteiger charge is 2.22. The van der Waals surface area contributed by atoms with Gasteiger partial charge in [-0.15, -0.1) is 0 Å². The molecule has 0 spiro atoms. The second-order valence-electron chi connectivity index (χ2n) is 4.37. The number of ether oxygens (including phenoxy) is 2. The highest BCUT2D eigenvalue weighted by atomic mass is 16.5. The number of benzene rings is 1. The van der Waals surface area contributed by atoms with Gasteiger partial charge in [-0.1, -0.05) is 24.3 Å². The van der Waals surface area contributed by atoms with Crippen LogP contribution in [0.15, 0.2) is 36.4 Å². The van der Waals surface area contributed by atoms with Crippen LogP contribution < -0.4 is 4.74 Å². The normalized spacial score (nSPS) is 25.5. The Morgan fingerprint density at radius 1 is 1.25 bits per heavy atom. The Morgan fingerprint density at radius 2 is 1.94 bits per heavy atom. The van der Waals surface area contributed by atoms with Gasteiger partial charge in [-0.2, -0.15) is 0 Å². The Bertz CT molecular complexity index is 367. The van der Waals surface area contributed by atoms with Crippen LogP contribution in [0.2, 0.25) is 0 Å². The van der Waals surface area contributed by atoms with Crippen LogP contribution in [-0.2, 0) is 4.74 Å². The lowest BCUT2D eigenvalue weighted by atomic mass is 9.95. The molecule has 0 radical (unpaired) electrons. The fraction of sp³-hybridized carbons (Fsp3) is 0.429.